The van der Waals surface area contributed by atoms with Crippen LogP contribution in [-0.2, 0) is 11.3 Å². The molecule has 2 heterocycles. The van der Waals surface area contributed by atoms with Crippen LogP contribution in [-0.4, -0.2) is 52.1 Å². The van der Waals surface area contributed by atoms with E-state index in [1.165, 1.54) is 16.3 Å². The predicted octanol–water partition coefficient (Wildman–Crippen LogP) is 5.65. The quantitative estimate of drug-likeness (QED) is 0.403. The predicted molar refractivity (Wildman–Crippen MR) is 127 cm³/mol. The van der Waals surface area contributed by atoms with Gasteiger partial charge in [-0.25, -0.2) is 0 Å². The maximum Gasteiger partial charge on any atom is 0.416 e. The summed E-state index contributed by atoms with van der Waals surface area (Å²) in [5.41, 5.74) is 1.32. The number of hydrogen-bond acceptors (Lipinski definition) is 6. The number of carbonyl (C=O) groups excluding carboxylic acids is 1. The van der Waals surface area contributed by atoms with E-state index in [2.05, 4.69) is 5.10 Å². The van der Waals surface area contributed by atoms with E-state index < -0.39 is 25.0 Å². The van der Waals surface area contributed by atoms with E-state index in [1.807, 2.05) is 30.3 Å². The first-order chi connectivity index (χ1) is 16.2. The van der Waals surface area contributed by atoms with Crippen molar-refractivity contribution in [3.8, 4) is 10.4 Å². The maximum atomic E-state index is 13.1. The van der Waals surface area contributed by atoms with Gasteiger partial charge in [0.15, 0.2) is 24.4 Å². The first-order valence-corrected chi connectivity index (χ1v) is 11.7. The second-order valence-electron chi connectivity index (χ2n) is 7.53. The Morgan fingerprint density at radius 2 is 1.79 bits per heavy atom. The van der Waals surface area contributed by atoms with Crippen LogP contribution in [0.4, 0.5) is 13.2 Å². The lowest BCUT2D eigenvalue weighted by molar-refractivity contribution is -0.207. The van der Waals surface area contributed by atoms with E-state index in [-0.39, 0.29) is 12.4 Å². The highest BCUT2D eigenvalue weighted by molar-refractivity contribution is 7.15. The average molecular weight is 528 g/mol. The minimum Gasteiger partial charge on any atom is -0.382 e. The minimum atomic E-state index is -4.84. The fourth-order valence-electron chi connectivity index (χ4n) is 3.53. The molecular formula is C23H18Cl2F3N3O2S. The van der Waals surface area contributed by atoms with Crippen molar-refractivity contribution in [1.29, 1.82) is 0 Å². The Kier molecular flexibility index (Phi) is 7.18. The third kappa shape index (κ3) is 5.22. The van der Waals surface area contributed by atoms with Crippen molar-refractivity contribution in [3.05, 3.63) is 81.1 Å². The Morgan fingerprint density at radius 1 is 1.09 bits per heavy atom. The average Bonchev–Trinajstić information content (AvgIpc) is 3.39. The Hall–Kier alpha value is -2.59. The normalized spacial score (nSPS) is 17.1. The molecule has 1 aromatic heterocycles. The van der Waals surface area contributed by atoms with Crippen LogP contribution in [0.15, 0.2) is 65.8 Å². The van der Waals surface area contributed by atoms with Gasteiger partial charge in [-0.1, -0.05) is 41.4 Å². The standard InChI is InChI=1S/C23H18Cl2F3N3O2S/c24-15-7-5-14(6-8-15)22-29-31(21(13-32)30(22)12-20(33)23(26,27)28)11-16-9-10-19(34-16)17-3-1-2-4-18(17)25/h1-10,13,20-21,33H,11-12H2/t20-,21?/m0/s1. The molecule has 2 aromatic carbocycles. The lowest BCUT2D eigenvalue weighted by Crippen LogP contribution is -2.49. The van der Waals surface area contributed by atoms with Gasteiger partial charge in [0.1, 0.15) is 0 Å². The SMILES string of the molecule is O=CC1N(Cc2ccc(-c3ccccc3Cl)s2)N=C(c2ccc(Cl)cc2)N1C[C@H](O)C(F)(F)F. The first kappa shape index (κ1) is 24.5. The zero-order valence-corrected chi connectivity index (χ0v) is 19.7. The molecule has 2 atom stereocenters. The Labute approximate surface area is 207 Å². The fourth-order valence-corrected chi connectivity index (χ4v) is 4.99. The third-order valence-electron chi connectivity index (χ3n) is 5.21. The molecule has 0 saturated heterocycles. The van der Waals surface area contributed by atoms with Crippen LogP contribution in [0.3, 0.4) is 0 Å². The molecule has 4 rings (SSSR count). The van der Waals surface area contributed by atoms with Crippen LogP contribution in [0.25, 0.3) is 10.4 Å². The summed E-state index contributed by atoms with van der Waals surface area (Å²) in [6.45, 7) is -0.672. The molecule has 5 nitrogen and oxygen atoms in total. The van der Waals surface area contributed by atoms with Gasteiger partial charge < -0.3 is 10.0 Å². The second-order valence-corrected chi connectivity index (χ2v) is 9.55. The van der Waals surface area contributed by atoms with Crippen molar-refractivity contribution in [2.75, 3.05) is 6.54 Å². The van der Waals surface area contributed by atoms with Gasteiger partial charge in [0.05, 0.1) is 13.1 Å². The van der Waals surface area contributed by atoms with Crippen LogP contribution in [0, 0.1) is 0 Å². The number of carbonyl (C=O) groups is 1. The number of aldehydes is 1. The molecule has 178 valence electrons. The summed E-state index contributed by atoms with van der Waals surface area (Å²) >= 11 is 13.7. The monoisotopic (exact) mass is 527 g/mol. The summed E-state index contributed by atoms with van der Waals surface area (Å²) < 4.78 is 39.3. The summed E-state index contributed by atoms with van der Waals surface area (Å²) in [6, 6.07) is 17.5. The van der Waals surface area contributed by atoms with Gasteiger partial charge in [0.2, 0.25) is 0 Å². The first-order valence-electron chi connectivity index (χ1n) is 10.1. The van der Waals surface area contributed by atoms with Gasteiger partial charge in [-0.2, -0.15) is 18.3 Å². The fraction of sp³-hybridized carbons (Fsp3) is 0.217. The number of β-amino-alcohol motifs (C(OH)–C–C–N with tert-alkyl or cyclic N) is 1. The molecular weight excluding hydrogens is 510 g/mol. The Balaban J connectivity index is 1.64. The van der Waals surface area contributed by atoms with E-state index in [9.17, 15) is 23.1 Å². The highest BCUT2D eigenvalue weighted by atomic mass is 35.5. The summed E-state index contributed by atoms with van der Waals surface area (Å²) in [4.78, 5) is 14.9. The molecule has 0 aliphatic carbocycles. The molecule has 0 bridgehead atoms. The number of thiophene rings is 1. The summed E-state index contributed by atoms with van der Waals surface area (Å²) in [5.74, 6) is 0.139. The summed E-state index contributed by atoms with van der Waals surface area (Å²) in [6.07, 6.45) is -8.11. The molecule has 1 aliphatic rings. The van der Waals surface area contributed by atoms with Gasteiger partial charge in [0.25, 0.3) is 0 Å². The molecule has 1 N–H and O–H groups in total. The smallest absolute Gasteiger partial charge is 0.382 e. The number of aliphatic hydroxyl groups is 1. The van der Waals surface area contributed by atoms with Crippen LogP contribution < -0.4 is 0 Å². The van der Waals surface area contributed by atoms with Crippen LogP contribution in [0.2, 0.25) is 10.0 Å². The molecule has 0 amide bonds. The number of hydrogen-bond donors (Lipinski definition) is 1. The number of alkyl halides is 3. The van der Waals surface area contributed by atoms with Crippen LogP contribution in [0.1, 0.15) is 10.4 Å². The van der Waals surface area contributed by atoms with Gasteiger partial charge in [0, 0.05) is 30.9 Å². The summed E-state index contributed by atoms with van der Waals surface area (Å²) in [7, 11) is 0. The molecule has 11 heteroatoms. The lowest BCUT2D eigenvalue weighted by Gasteiger charge is -2.30. The highest BCUT2D eigenvalue weighted by Crippen LogP contribution is 2.35. The molecule has 3 aromatic rings. The Morgan fingerprint density at radius 3 is 2.44 bits per heavy atom. The van der Waals surface area contributed by atoms with Crippen molar-refractivity contribution < 1.29 is 23.1 Å². The molecule has 0 saturated carbocycles. The van der Waals surface area contributed by atoms with E-state index in [1.54, 1.807) is 30.3 Å². The zero-order chi connectivity index (χ0) is 24.5. The maximum absolute atomic E-state index is 13.1. The van der Waals surface area contributed by atoms with Gasteiger partial charge in [-0.3, -0.25) is 9.80 Å². The number of amidine groups is 1. The summed E-state index contributed by atoms with van der Waals surface area (Å²) in [5, 5.41) is 16.6. The number of hydrazone groups is 1. The minimum absolute atomic E-state index is 0.139. The van der Waals surface area contributed by atoms with Crippen molar-refractivity contribution in [3.63, 3.8) is 0 Å². The molecule has 0 spiro atoms. The molecule has 0 fully saturated rings. The van der Waals surface area contributed by atoms with Crippen molar-refractivity contribution >= 4 is 46.7 Å². The van der Waals surface area contributed by atoms with Gasteiger partial charge in [-0.15, -0.1) is 11.3 Å². The third-order valence-corrected chi connectivity index (χ3v) is 6.90. The zero-order valence-electron chi connectivity index (χ0n) is 17.4. The van der Waals surface area contributed by atoms with Crippen molar-refractivity contribution in [1.82, 2.24) is 9.91 Å². The number of rotatable bonds is 7. The number of benzene rings is 2. The largest absolute Gasteiger partial charge is 0.416 e. The van der Waals surface area contributed by atoms with E-state index in [0.29, 0.717) is 21.9 Å². The number of aliphatic hydroxyl groups excluding tert-OH is 1. The Bertz CT molecular complexity index is 1200. The molecule has 0 radical (unpaired) electrons. The number of halogens is 5. The molecule has 34 heavy (non-hydrogen) atoms. The number of nitrogens with zero attached hydrogens (tertiary/aromatic N) is 3. The van der Waals surface area contributed by atoms with Crippen molar-refractivity contribution in [2.24, 2.45) is 5.10 Å². The van der Waals surface area contributed by atoms with Gasteiger partial charge >= 0.3 is 6.18 Å². The van der Waals surface area contributed by atoms with Crippen molar-refractivity contribution in [2.45, 2.75) is 25.0 Å². The van der Waals surface area contributed by atoms with Crippen LogP contribution in [0.5, 0.6) is 0 Å². The topological polar surface area (TPSA) is 56.1 Å². The van der Waals surface area contributed by atoms with Crippen LogP contribution >= 0.6 is 34.5 Å². The molecule has 1 aliphatic heterocycles. The van der Waals surface area contributed by atoms with E-state index >= 15 is 0 Å². The van der Waals surface area contributed by atoms with E-state index in [4.69, 9.17) is 23.2 Å². The van der Waals surface area contributed by atoms with E-state index in [0.717, 1.165) is 20.2 Å². The molecule has 1 unspecified atom stereocenters. The highest BCUT2D eigenvalue weighted by Gasteiger charge is 2.44. The lowest BCUT2D eigenvalue weighted by atomic mass is 10.1. The second kappa shape index (κ2) is 9.95. The van der Waals surface area contributed by atoms with Gasteiger partial charge in [-0.05, 0) is 42.5 Å².